The molecule has 0 spiro atoms. The lowest BCUT2D eigenvalue weighted by atomic mass is 10.2. The molecule has 1 N–H and O–H groups in total. The van der Waals surface area contributed by atoms with Crippen molar-refractivity contribution in [3.63, 3.8) is 0 Å². The number of benzene rings is 1. The molecular formula is C12H10ClNO3S2. The van der Waals surface area contributed by atoms with Crippen LogP contribution >= 0.6 is 22.9 Å². The Kier molecular flexibility index (Phi) is 4.68. The molecule has 1 aromatic carbocycles. The van der Waals surface area contributed by atoms with Crippen LogP contribution in [0, 0.1) is 0 Å². The van der Waals surface area contributed by atoms with E-state index in [2.05, 4.69) is 4.98 Å². The van der Waals surface area contributed by atoms with Gasteiger partial charge in [-0.2, -0.15) is 0 Å². The van der Waals surface area contributed by atoms with Crippen molar-refractivity contribution in [3.8, 4) is 0 Å². The summed E-state index contributed by atoms with van der Waals surface area (Å²) in [6.07, 6.45) is 0. The topological polar surface area (TPSA) is 67.3 Å². The van der Waals surface area contributed by atoms with Gasteiger partial charge in [-0.1, -0.05) is 29.8 Å². The number of thiazole rings is 1. The standard InChI is InChI=1S/C12H10ClNO3S2/c13-10-4-2-1-3-8(10)6-19(17)7-9-5-18-11(14-9)12(15)16/h1-5H,6-7H2,(H,15,16). The van der Waals surface area contributed by atoms with Crippen LogP contribution in [0.5, 0.6) is 0 Å². The summed E-state index contributed by atoms with van der Waals surface area (Å²) in [6.45, 7) is 0. The molecule has 19 heavy (non-hydrogen) atoms. The number of hydrogen-bond acceptors (Lipinski definition) is 4. The first kappa shape index (κ1) is 14.2. The second-order valence-corrected chi connectivity index (χ2v) is 6.49. The van der Waals surface area contributed by atoms with E-state index in [0.717, 1.165) is 16.9 Å². The Hall–Kier alpha value is -1.24. The fourth-order valence-corrected chi connectivity index (χ4v) is 3.70. The maximum Gasteiger partial charge on any atom is 0.365 e. The minimum atomic E-state index is -1.17. The summed E-state index contributed by atoms with van der Waals surface area (Å²) >= 11 is 7.03. The maximum absolute atomic E-state index is 12.0. The van der Waals surface area contributed by atoms with Gasteiger partial charge in [-0.25, -0.2) is 9.78 Å². The molecule has 1 heterocycles. The van der Waals surface area contributed by atoms with E-state index in [1.807, 2.05) is 18.2 Å². The lowest BCUT2D eigenvalue weighted by Gasteiger charge is -2.03. The fraction of sp³-hybridized carbons (Fsp3) is 0.167. The van der Waals surface area contributed by atoms with Crippen LogP contribution in [0.15, 0.2) is 29.6 Å². The van der Waals surface area contributed by atoms with E-state index in [9.17, 15) is 9.00 Å². The van der Waals surface area contributed by atoms with E-state index in [-0.39, 0.29) is 10.8 Å². The summed E-state index contributed by atoms with van der Waals surface area (Å²) in [7, 11) is -1.17. The smallest absolute Gasteiger partial charge is 0.365 e. The van der Waals surface area contributed by atoms with E-state index in [4.69, 9.17) is 16.7 Å². The van der Waals surface area contributed by atoms with Gasteiger partial charge in [0.25, 0.3) is 0 Å². The zero-order valence-electron chi connectivity index (χ0n) is 9.71. The molecule has 2 aromatic rings. The molecule has 0 amide bonds. The molecule has 7 heteroatoms. The van der Waals surface area contributed by atoms with Crippen LogP contribution in [0.25, 0.3) is 0 Å². The van der Waals surface area contributed by atoms with Crippen LogP contribution in [-0.4, -0.2) is 20.3 Å². The lowest BCUT2D eigenvalue weighted by molar-refractivity contribution is 0.0696. The maximum atomic E-state index is 12.0. The zero-order chi connectivity index (χ0) is 13.8. The third-order valence-electron chi connectivity index (χ3n) is 2.32. The summed E-state index contributed by atoms with van der Waals surface area (Å²) in [5.41, 5.74) is 1.35. The molecule has 0 saturated heterocycles. The van der Waals surface area contributed by atoms with E-state index < -0.39 is 16.8 Å². The molecule has 1 unspecified atom stereocenters. The number of carboxylic acid groups (broad SMARTS) is 1. The van der Waals surface area contributed by atoms with Crippen molar-refractivity contribution < 1.29 is 14.1 Å². The van der Waals surface area contributed by atoms with E-state index in [1.54, 1.807) is 11.4 Å². The molecule has 2 rings (SSSR count). The van der Waals surface area contributed by atoms with Gasteiger partial charge in [-0.05, 0) is 11.6 Å². The van der Waals surface area contributed by atoms with Crippen LogP contribution < -0.4 is 0 Å². The first-order chi connectivity index (χ1) is 9.06. The third-order valence-corrected chi connectivity index (χ3v) is 4.82. The zero-order valence-corrected chi connectivity index (χ0v) is 12.1. The van der Waals surface area contributed by atoms with Gasteiger partial charge in [-0.3, -0.25) is 4.21 Å². The predicted molar refractivity (Wildman–Crippen MR) is 76.1 cm³/mol. The molecule has 0 bridgehead atoms. The van der Waals surface area contributed by atoms with Crippen LogP contribution in [0.2, 0.25) is 5.02 Å². The Balaban J connectivity index is 2.01. The average molecular weight is 316 g/mol. The predicted octanol–water partition coefficient (Wildman–Crippen LogP) is 2.94. The number of nitrogens with zero attached hydrogens (tertiary/aromatic N) is 1. The molecule has 1 aromatic heterocycles. The van der Waals surface area contributed by atoms with Gasteiger partial charge >= 0.3 is 5.97 Å². The molecule has 100 valence electrons. The normalized spacial score (nSPS) is 12.3. The second-order valence-electron chi connectivity index (χ2n) is 3.77. The van der Waals surface area contributed by atoms with Gasteiger partial charge in [0.1, 0.15) is 0 Å². The molecule has 0 radical (unpaired) electrons. The highest BCUT2D eigenvalue weighted by Gasteiger charge is 2.12. The van der Waals surface area contributed by atoms with Crippen molar-refractivity contribution in [1.82, 2.24) is 4.98 Å². The molecule has 0 aliphatic carbocycles. The molecular weight excluding hydrogens is 306 g/mol. The Bertz CT molecular complexity index is 627. The van der Waals surface area contributed by atoms with Crippen LogP contribution in [0.3, 0.4) is 0 Å². The van der Waals surface area contributed by atoms with Crippen molar-refractivity contribution in [1.29, 1.82) is 0 Å². The van der Waals surface area contributed by atoms with Crippen molar-refractivity contribution in [2.24, 2.45) is 0 Å². The summed E-state index contributed by atoms with van der Waals surface area (Å²) in [5, 5.41) is 11.0. The highest BCUT2D eigenvalue weighted by molar-refractivity contribution is 7.83. The average Bonchev–Trinajstić information content (AvgIpc) is 2.80. The Labute approximate surface area is 121 Å². The number of carbonyl (C=O) groups is 1. The molecule has 1 atom stereocenters. The van der Waals surface area contributed by atoms with Crippen molar-refractivity contribution >= 4 is 39.7 Å². The Morgan fingerprint density at radius 1 is 1.37 bits per heavy atom. The van der Waals surface area contributed by atoms with Gasteiger partial charge in [0.05, 0.1) is 17.2 Å². The first-order valence-corrected chi connectivity index (χ1v) is 8.07. The van der Waals surface area contributed by atoms with Gasteiger partial charge in [0, 0.05) is 21.2 Å². The van der Waals surface area contributed by atoms with Crippen molar-refractivity contribution in [2.45, 2.75) is 11.5 Å². The molecule has 0 aliphatic heterocycles. The van der Waals surface area contributed by atoms with E-state index in [0.29, 0.717) is 16.5 Å². The quantitative estimate of drug-likeness (QED) is 0.921. The number of aromatic nitrogens is 1. The SMILES string of the molecule is O=C(O)c1nc(CS(=O)Cc2ccccc2Cl)cs1. The number of hydrogen-bond donors (Lipinski definition) is 1. The third kappa shape index (κ3) is 3.86. The summed E-state index contributed by atoms with van der Waals surface area (Å²) in [6, 6.07) is 7.22. The second kappa shape index (κ2) is 6.27. The first-order valence-electron chi connectivity index (χ1n) is 5.32. The van der Waals surface area contributed by atoms with Crippen molar-refractivity contribution in [3.05, 3.63) is 50.9 Å². The van der Waals surface area contributed by atoms with Crippen LogP contribution in [0.4, 0.5) is 0 Å². The van der Waals surface area contributed by atoms with E-state index in [1.165, 1.54) is 0 Å². The highest BCUT2D eigenvalue weighted by atomic mass is 35.5. The number of aromatic carboxylic acids is 1. The largest absolute Gasteiger partial charge is 0.476 e. The fourth-order valence-electron chi connectivity index (χ4n) is 1.48. The molecule has 0 aliphatic rings. The van der Waals surface area contributed by atoms with Gasteiger partial charge in [0.2, 0.25) is 5.01 Å². The molecule has 0 saturated carbocycles. The number of halogens is 1. The lowest BCUT2D eigenvalue weighted by Crippen LogP contribution is -2.01. The summed E-state index contributed by atoms with van der Waals surface area (Å²) < 4.78 is 12.0. The van der Waals surface area contributed by atoms with Gasteiger partial charge in [0.15, 0.2) is 0 Å². The minimum absolute atomic E-state index is 0.0183. The van der Waals surface area contributed by atoms with Crippen LogP contribution in [0.1, 0.15) is 21.1 Å². The van der Waals surface area contributed by atoms with Crippen molar-refractivity contribution in [2.75, 3.05) is 0 Å². The Morgan fingerprint density at radius 2 is 2.11 bits per heavy atom. The minimum Gasteiger partial charge on any atom is -0.476 e. The Morgan fingerprint density at radius 3 is 2.74 bits per heavy atom. The van der Waals surface area contributed by atoms with E-state index >= 15 is 0 Å². The summed E-state index contributed by atoms with van der Waals surface area (Å²) in [4.78, 5) is 14.6. The van der Waals surface area contributed by atoms with Gasteiger partial charge < -0.3 is 5.11 Å². The molecule has 0 fully saturated rings. The number of rotatable bonds is 5. The van der Waals surface area contributed by atoms with Crippen LogP contribution in [-0.2, 0) is 22.3 Å². The highest BCUT2D eigenvalue weighted by Crippen LogP contribution is 2.18. The van der Waals surface area contributed by atoms with Gasteiger partial charge in [-0.15, -0.1) is 11.3 Å². The monoisotopic (exact) mass is 315 g/mol. The summed E-state index contributed by atoms with van der Waals surface area (Å²) in [5.74, 6) is -0.498. The molecule has 4 nitrogen and oxygen atoms in total. The number of carboxylic acids is 1.